The number of nitrogens with two attached hydrogens (primary N) is 1. The number of rotatable bonds is 5. The fourth-order valence-corrected chi connectivity index (χ4v) is 3.46. The van der Waals surface area contributed by atoms with Gasteiger partial charge in [-0.3, -0.25) is 4.79 Å². The number of benzene rings is 1. The third kappa shape index (κ3) is 4.28. The summed E-state index contributed by atoms with van der Waals surface area (Å²) in [7, 11) is 0. The van der Waals surface area contributed by atoms with Gasteiger partial charge in [-0.25, -0.2) is 0 Å². The maximum absolute atomic E-state index is 12.6. The highest BCUT2D eigenvalue weighted by Crippen LogP contribution is 2.23. The molecule has 0 aliphatic carbocycles. The molecule has 0 saturated carbocycles. The molecule has 1 amide bonds. The molecule has 0 radical (unpaired) electrons. The topological polar surface area (TPSA) is 68.7 Å². The van der Waals surface area contributed by atoms with E-state index in [1.807, 2.05) is 36.9 Å². The molecule has 1 aromatic carbocycles. The van der Waals surface area contributed by atoms with E-state index in [0.717, 1.165) is 37.2 Å². The Labute approximate surface area is 155 Å². The van der Waals surface area contributed by atoms with E-state index in [-0.39, 0.29) is 11.9 Å². The number of aryl methyl sites for hydroxylation is 2. The van der Waals surface area contributed by atoms with Crippen molar-refractivity contribution in [2.45, 2.75) is 46.3 Å². The predicted octanol–water partition coefficient (Wildman–Crippen LogP) is 3.67. The van der Waals surface area contributed by atoms with Gasteiger partial charge in [-0.15, -0.1) is 0 Å². The number of carbonyl (C=O) groups excluding carboxylic acids is 1. The lowest BCUT2D eigenvalue weighted by Gasteiger charge is -2.33. The van der Waals surface area contributed by atoms with Gasteiger partial charge in [-0.05, 0) is 63.3 Å². The van der Waals surface area contributed by atoms with Gasteiger partial charge in [0.1, 0.15) is 18.1 Å². The molecular formula is C21H28N2O3. The van der Waals surface area contributed by atoms with Gasteiger partial charge in [-0.2, -0.15) is 0 Å². The molecule has 5 nitrogen and oxygen atoms in total. The summed E-state index contributed by atoms with van der Waals surface area (Å²) in [6.07, 6.45) is 1.90. The van der Waals surface area contributed by atoms with Crippen molar-refractivity contribution >= 4 is 5.91 Å². The third-order valence-corrected chi connectivity index (χ3v) is 5.14. The van der Waals surface area contributed by atoms with Crippen molar-refractivity contribution in [3.8, 4) is 5.75 Å². The molecule has 1 atom stereocenters. The number of likely N-dealkylation sites (tertiary alicyclic amines) is 1. The first-order valence-corrected chi connectivity index (χ1v) is 9.27. The van der Waals surface area contributed by atoms with Crippen LogP contribution < -0.4 is 10.5 Å². The first-order chi connectivity index (χ1) is 12.4. The van der Waals surface area contributed by atoms with Crippen molar-refractivity contribution in [2.75, 3.05) is 13.1 Å². The minimum Gasteiger partial charge on any atom is -0.485 e. The predicted molar refractivity (Wildman–Crippen MR) is 101 cm³/mol. The van der Waals surface area contributed by atoms with Gasteiger partial charge >= 0.3 is 0 Å². The maximum atomic E-state index is 12.6. The van der Waals surface area contributed by atoms with Crippen molar-refractivity contribution in [3.63, 3.8) is 0 Å². The minimum atomic E-state index is -0.0501. The Bertz CT molecular complexity index is 758. The number of ether oxygens (including phenoxy) is 1. The normalized spacial score (nSPS) is 16.5. The lowest BCUT2D eigenvalue weighted by molar-refractivity contribution is 0.0645. The van der Waals surface area contributed by atoms with Gasteiger partial charge in [0.15, 0.2) is 5.76 Å². The summed E-state index contributed by atoms with van der Waals surface area (Å²) in [6.45, 7) is 7.89. The van der Waals surface area contributed by atoms with Crippen LogP contribution in [0, 0.1) is 19.8 Å². The molecule has 1 aliphatic rings. The van der Waals surface area contributed by atoms with Crippen LogP contribution in [-0.2, 0) is 6.61 Å². The fourth-order valence-electron chi connectivity index (χ4n) is 3.46. The van der Waals surface area contributed by atoms with Crippen LogP contribution in [0.3, 0.4) is 0 Å². The van der Waals surface area contributed by atoms with E-state index in [1.54, 1.807) is 6.07 Å². The number of piperidine rings is 1. The Kier molecular flexibility index (Phi) is 5.67. The van der Waals surface area contributed by atoms with Crippen molar-refractivity contribution < 1.29 is 13.9 Å². The Morgan fingerprint density at radius 2 is 2.00 bits per heavy atom. The smallest absolute Gasteiger partial charge is 0.289 e. The monoisotopic (exact) mass is 356 g/mol. The van der Waals surface area contributed by atoms with E-state index in [1.165, 1.54) is 5.56 Å². The summed E-state index contributed by atoms with van der Waals surface area (Å²) in [5.41, 5.74) is 8.26. The second kappa shape index (κ2) is 7.96. The molecule has 0 bridgehead atoms. The number of hydrogen-bond donors (Lipinski definition) is 1. The average molecular weight is 356 g/mol. The summed E-state index contributed by atoms with van der Waals surface area (Å²) in [5.74, 6) is 2.31. The number of nitrogens with zero attached hydrogens (tertiary/aromatic N) is 1. The highest BCUT2D eigenvalue weighted by molar-refractivity contribution is 5.91. The summed E-state index contributed by atoms with van der Waals surface area (Å²) >= 11 is 0. The molecule has 0 spiro atoms. The Hall–Kier alpha value is -2.27. The quantitative estimate of drug-likeness (QED) is 0.887. The Morgan fingerprint density at radius 3 is 2.65 bits per heavy atom. The van der Waals surface area contributed by atoms with Crippen LogP contribution in [-0.4, -0.2) is 29.9 Å². The van der Waals surface area contributed by atoms with Crippen molar-refractivity contribution in [3.05, 3.63) is 53.0 Å². The number of hydrogen-bond acceptors (Lipinski definition) is 4. The summed E-state index contributed by atoms with van der Waals surface area (Å²) < 4.78 is 11.5. The van der Waals surface area contributed by atoms with E-state index in [4.69, 9.17) is 14.9 Å². The largest absolute Gasteiger partial charge is 0.485 e. The Balaban J connectivity index is 1.56. The van der Waals surface area contributed by atoms with E-state index in [9.17, 15) is 4.79 Å². The van der Waals surface area contributed by atoms with Gasteiger partial charge in [0.2, 0.25) is 0 Å². The molecule has 5 heteroatoms. The van der Waals surface area contributed by atoms with Gasteiger partial charge in [0.25, 0.3) is 5.91 Å². The van der Waals surface area contributed by atoms with Crippen LogP contribution in [0.5, 0.6) is 5.75 Å². The molecule has 1 aliphatic heterocycles. The van der Waals surface area contributed by atoms with Crippen LogP contribution in [0.4, 0.5) is 0 Å². The average Bonchev–Trinajstić information content (AvgIpc) is 3.09. The van der Waals surface area contributed by atoms with E-state index in [2.05, 4.69) is 13.0 Å². The second-order valence-electron chi connectivity index (χ2n) is 7.31. The van der Waals surface area contributed by atoms with Gasteiger partial charge in [0.05, 0.1) is 0 Å². The lowest BCUT2D eigenvalue weighted by atomic mass is 9.91. The molecule has 1 fully saturated rings. The first kappa shape index (κ1) is 18.5. The number of amides is 1. The van der Waals surface area contributed by atoms with Gasteiger partial charge < -0.3 is 19.8 Å². The first-order valence-electron chi connectivity index (χ1n) is 9.27. The molecule has 2 aromatic rings. The number of furan rings is 1. The summed E-state index contributed by atoms with van der Waals surface area (Å²) in [6, 6.07) is 9.79. The summed E-state index contributed by atoms with van der Waals surface area (Å²) in [5, 5.41) is 0. The minimum absolute atomic E-state index is 0.0501. The molecule has 2 N–H and O–H groups in total. The Morgan fingerprint density at radius 1 is 1.27 bits per heavy atom. The van der Waals surface area contributed by atoms with Crippen molar-refractivity contribution in [1.82, 2.24) is 4.90 Å². The summed E-state index contributed by atoms with van der Waals surface area (Å²) in [4.78, 5) is 14.5. The molecule has 26 heavy (non-hydrogen) atoms. The zero-order chi connectivity index (χ0) is 18.7. The van der Waals surface area contributed by atoms with Crippen LogP contribution in [0.1, 0.15) is 47.2 Å². The van der Waals surface area contributed by atoms with Crippen LogP contribution in [0.25, 0.3) is 0 Å². The SMILES string of the molecule is Cc1ccc(OCc2ccc(C(=O)N3CCC(C(C)N)CC3)o2)c(C)c1. The second-order valence-corrected chi connectivity index (χ2v) is 7.31. The van der Waals surface area contributed by atoms with Gasteiger partial charge in [0, 0.05) is 19.1 Å². The zero-order valence-corrected chi connectivity index (χ0v) is 15.8. The van der Waals surface area contributed by atoms with Crippen LogP contribution in [0.2, 0.25) is 0 Å². The van der Waals surface area contributed by atoms with Crippen LogP contribution in [0.15, 0.2) is 34.7 Å². The zero-order valence-electron chi connectivity index (χ0n) is 15.8. The molecular weight excluding hydrogens is 328 g/mol. The molecule has 1 aromatic heterocycles. The standard InChI is InChI=1S/C21H28N2O3/c1-14-4-6-19(15(2)12-14)25-13-18-5-7-20(26-18)21(24)23-10-8-17(9-11-23)16(3)22/h4-7,12,16-17H,8-11,13,22H2,1-3H3. The molecule has 2 heterocycles. The maximum Gasteiger partial charge on any atom is 0.289 e. The number of carbonyl (C=O) groups is 1. The lowest BCUT2D eigenvalue weighted by Crippen LogP contribution is -2.42. The fraction of sp³-hybridized carbons (Fsp3) is 0.476. The van der Waals surface area contributed by atoms with Crippen molar-refractivity contribution in [2.24, 2.45) is 11.7 Å². The van der Waals surface area contributed by atoms with Crippen molar-refractivity contribution in [1.29, 1.82) is 0 Å². The molecule has 3 rings (SSSR count). The highest BCUT2D eigenvalue weighted by Gasteiger charge is 2.27. The third-order valence-electron chi connectivity index (χ3n) is 5.14. The molecule has 1 saturated heterocycles. The molecule has 140 valence electrons. The van der Waals surface area contributed by atoms with E-state index < -0.39 is 0 Å². The highest BCUT2D eigenvalue weighted by atomic mass is 16.5. The van der Waals surface area contributed by atoms with Crippen LogP contribution >= 0.6 is 0 Å². The van der Waals surface area contributed by atoms with E-state index in [0.29, 0.717) is 24.0 Å². The van der Waals surface area contributed by atoms with E-state index >= 15 is 0 Å². The molecule has 1 unspecified atom stereocenters. The van der Waals surface area contributed by atoms with Gasteiger partial charge in [-0.1, -0.05) is 17.7 Å².